The van der Waals surface area contributed by atoms with E-state index in [2.05, 4.69) is 23.5 Å². The number of rotatable bonds is 11. The van der Waals surface area contributed by atoms with Gasteiger partial charge in [-0.25, -0.2) is 22.4 Å². The molecule has 1 aromatic heterocycles. The van der Waals surface area contributed by atoms with Crippen LogP contribution >= 0.6 is 32.1 Å². The van der Waals surface area contributed by atoms with E-state index in [0.29, 0.717) is 17.1 Å². The molecule has 1 heterocycles. The van der Waals surface area contributed by atoms with Crippen LogP contribution in [-0.4, -0.2) is 112 Å². The van der Waals surface area contributed by atoms with Gasteiger partial charge in [0.05, 0.1) is 39.9 Å². The molecule has 0 aliphatic rings. The number of carbonyl (C=O) groups is 1. The molecule has 1 amide bonds. The minimum Gasteiger partial charge on any atom is -0.400 e. The number of phosphoric ester groups is 1. The van der Waals surface area contributed by atoms with Crippen molar-refractivity contribution in [2.75, 3.05) is 73.6 Å². The fourth-order valence-corrected chi connectivity index (χ4v) is 3.77. The number of sulfone groups is 1. The van der Waals surface area contributed by atoms with Crippen molar-refractivity contribution in [1.82, 2.24) is 9.88 Å². The number of carbonyl (C=O) groups excluding carboxylic acids is 1. The lowest BCUT2D eigenvalue weighted by Crippen LogP contribution is -2.37. The molecule has 0 saturated heterocycles. The number of quaternary nitrogens is 1. The molecular formula is C19H33ClFN3O8PS2+. The summed E-state index contributed by atoms with van der Waals surface area (Å²) in [5.41, 5.74) is -0.423. The number of thiol groups is 1. The first-order valence-electron chi connectivity index (χ1n) is 9.68. The minimum atomic E-state index is -4.36. The Kier molecular flexibility index (Phi) is 16.9. The van der Waals surface area contributed by atoms with Gasteiger partial charge in [-0.05, 0) is 12.3 Å². The molecule has 1 aromatic rings. The van der Waals surface area contributed by atoms with Crippen molar-refractivity contribution in [3.63, 3.8) is 0 Å². The molecule has 0 radical (unpaired) electrons. The summed E-state index contributed by atoms with van der Waals surface area (Å²) in [6.07, 6.45) is 7.68. The first kappa shape index (κ1) is 35.9. The lowest BCUT2D eigenvalue weighted by Gasteiger charge is -2.24. The molecule has 0 bridgehead atoms. The molecule has 35 heavy (non-hydrogen) atoms. The van der Waals surface area contributed by atoms with Gasteiger partial charge in [0.1, 0.15) is 18.3 Å². The Hall–Kier alpha value is -1.27. The number of pyridine rings is 1. The zero-order chi connectivity index (χ0) is 28.0. The van der Waals surface area contributed by atoms with Crippen LogP contribution in [0, 0.1) is 18.2 Å². The van der Waals surface area contributed by atoms with E-state index in [0.717, 1.165) is 18.3 Å². The summed E-state index contributed by atoms with van der Waals surface area (Å²) in [5, 5.41) is 5.57. The highest BCUT2D eigenvalue weighted by atomic mass is 35.5. The first-order valence-corrected chi connectivity index (χ1v) is 14.3. The predicted octanol–water partition coefficient (Wildman–Crippen LogP) is 1.35. The molecular weight excluding hydrogens is 548 g/mol. The second kappa shape index (κ2) is 16.5. The van der Waals surface area contributed by atoms with Crippen LogP contribution in [-0.2, 0) is 23.4 Å². The SMILES string of the molecule is C#CCN(CCOP(=O)(O)OCC[N+](C)(C)C)C(=O)c1cc(F)c(S(C)(=O)=O)nc1Cl.CO.CS. The van der Waals surface area contributed by atoms with Gasteiger partial charge in [0.25, 0.3) is 5.91 Å². The van der Waals surface area contributed by atoms with Gasteiger partial charge in [-0.15, -0.1) is 6.42 Å². The number of phosphoric acid groups is 1. The molecule has 16 heteroatoms. The zero-order valence-electron chi connectivity index (χ0n) is 20.4. The molecule has 0 aliphatic carbocycles. The van der Waals surface area contributed by atoms with Crippen LogP contribution in [0.3, 0.4) is 0 Å². The van der Waals surface area contributed by atoms with Crippen LogP contribution in [0.5, 0.6) is 0 Å². The Morgan fingerprint density at radius 2 is 1.83 bits per heavy atom. The van der Waals surface area contributed by atoms with Gasteiger partial charge in [-0.3, -0.25) is 13.8 Å². The number of aromatic nitrogens is 1. The molecule has 1 unspecified atom stereocenters. The lowest BCUT2D eigenvalue weighted by atomic mass is 10.2. The average molecular weight is 581 g/mol. The number of aliphatic hydroxyl groups excluding tert-OH is 1. The number of hydrogen-bond donors (Lipinski definition) is 3. The Balaban J connectivity index is 0. The van der Waals surface area contributed by atoms with E-state index >= 15 is 0 Å². The minimum absolute atomic E-state index is 0.0302. The van der Waals surface area contributed by atoms with Gasteiger partial charge >= 0.3 is 7.82 Å². The largest absolute Gasteiger partial charge is 0.472 e. The predicted molar refractivity (Wildman–Crippen MR) is 135 cm³/mol. The third-order valence-electron chi connectivity index (χ3n) is 3.68. The van der Waals surface area contributed by atoms with Gasteiger partial charge in [0, 0.05) is 19.9 Å². The summed E-state index contributed by atoms with van der Waals surface area (Å²) < 4.78 is 59.3. The Morgan fingerprint density at radius 3 is 2.29 bits per heavy atom. The van der Waals surface area contributed by atoms with E-state index in [1.807, 2.05) is 21.1 Å². The van der Waals surface area contributed by atoms with Gasteiger partial charge in [-0.2, -0.15) is 12.6 Å². The van der Waals surface area contributed by atoms with Crippen LogP contribution in [0.15, 0.2) is 11.1 Å². The van der Waals surface area contributed by atoms with Crippen molar-refractivity contribution in [3.8, 4) is 12.3 Å². The molecule has 202 valence electrons. The van der Waals surface area contributed by atoms with Crippen LogP contribution < -0.4 is 0 Å². The van der Waals surface area contributed by atoms with E-state index in [4.69, 9.17) is 32.2 Å². The molecule has 1 rings (SSSR count). The van der Waals surface area contributed by atoms with Crippen LogP contribution in [0.4, 0.5) is 4.39 Å². The molecule has 0 fully saturated rings. The molecule has 2 N–H and O–H groups in total. The molecule has 0 aliphatic heterocycles. The maximum atomic E-state index is 14.1. The van der Waals surface area contributed by atoms with E-state index < -0.39 is 51.7 Å². The maximum Gasteiger partial charge on any atom is 0.472 e. The van der Waals surface area contributed by atoms with Crippen molar-refractivity contribution >= 4 is 47.8 Å². The number of nitrogens with zero attached hydrogens (tertiary/aromatic N) is 3. The van der Waals surface area contributed by atoms with Crippen LogP contribution in [0.2, 0.25) is 5.15 Å². The molecule has 11 nitrogen and oxygen atoms in total. The highest BCUT2D eigenvalue weighted by Crippen LogP contribution is 2.42. The number of likely N-dealkylation sites (N-methyl/N-ethyl adjacent to an activating group) is 1. The van der Waals surface area contributed by atoms with E-state index in [1.165, 1.54) is 0 Å². The zero-order valence-corrected chi connectivity index (χ0v) is 23.8. The van der Waals surface area contributed by atoms with Crippen molar-refractivity contribution in [2.45, 2.75) is 5.03 Å². The summed E-state index contributed by atoms with van der Waals surface area (Å²) >= 11 is 9.40. The molecule has 0 spiro atoms. The van der Waals surface area contributed by atoms with Crippen molar-refractivity contribution in [1.29, 1.82) is 0 Å². The number of hydrogen-bond acceptors (Lipinski definition) is 9. The van der Waals surface area contributed by atoms with Crippen molar-refractivity contribution < 1.29 is 45.7 Å². The van der Waals surface area contributed by atoms with E-state index in [-0.39, 0.29) is 19.7 Å². The standard InChI is InChI=1S/C17H24ClFN3O7PS.CH4O.CH4S/c1-6-7-21(8-10-28-30(24,25)29-11-9-22(2,3)4)17(23)13-12-14(19)16(20-15(13)18)31(5,26)27;2*1-2/h1,12H,7-11H2,2-5H3;2*2H,1H3/p+1. The van der Waals surface area contributed by atoms with Crippen LogP contribution in [0.25, 0.3) is 0 Å². The summed E-state index contributed by atoms with van der Waals surface area (Å²) in [6.45, 7) is -0.502. The molecule has 0 saturated carbocycles. The van der Waals surface area contributed by atoms with E-state index in [9.17, 15) is 27.1 Å². The second-order valence-corrected chi connectivity index (χ2v) is 11.2. The summed E-state index contributed by atoms with van der Waals surface area (Å²) in [4.78, 5) is 26.8. The van der Waals surface area contributed by atoms with Gasteiger partial charge < -0.3 is 19.4 Å². The fourth-order valence-electron chi connectivity index (χ4n) is 2.13. The summed E-state index contributed by atoms with van der Waals surface area (Å²) in [5.74, 6) is 0.102. The quantitative estimate of drug-likeness (QED) is 0.116. The first-order chi connectivity index (χ1) is 16.1. The maximum absolute atomic E-state index is 14.1. The van der Waals surface area contributed by atoms with Gasteiger partial charge in [-0.1, -0.05) is 17.5 Å². The molecule has 0 aromatic carbocycles. The third kappa shape index (κ3) is 14.2. The van der Waals surface area contributed by atoms with Crippen molar-refractivity contribution in [2.24, 2.45) is 0 Å². The second-order valence-electron chi connectivity index (χ2n) is 7.47. The van der Waals surface area contributed by atoms with Crippen LogP contribution in [0.1, 0.15) is 10.4 Å². The lowest BCUT2D eigenvalue weighted by molar-refractivity contribution is -0.870. The Labute approximate surface area is 216 Å². The van der Waals surface area contributed by atoms with Crippen molar-refractivity contribution in [3.05, 3.63) is 22.6 Å². The van der Waals surface area contributed by atoms with E-state index in [1.54, 1.807) is 6.26 Å². The summed E-state index contributed by atoms with van der Waals surface area (Å²) in [6, 6.07) is 0.642. The van der Waals surface area contributed by atoms with Gasteiger partial charge in [0.15, 0.2) is 20.7 Å². The monoisotopic (exact) mass is 580 g/mol. The highest BCUT2D eigenvalue weighted by molar-refractivity contribution is 7.90. The number of aliphatic hydroxyl groups is 1. The summed E-state index contributed by atoms with van der Waals surface area (Å²) in [7, 11) is -1.73. The highest BCUT2D eigenvalue weighted by Gasteiger charge is 2.26. The smallest absolute Gasteiger partial charge is 0.400 e. The Bertz CT molecular complexity index is 1020. The third-order valence-corrected chi connectivity index (χ3v) is 5.98. The van der Waals surface area contributed by atoms with Gasteiger partial charge in [0.2, 0.25) is 0 Å². The number of amides is 1. The fraction of sp³-hybridized carbons (Fsp3) is 0.579. The normalized spacial score (nSPS) is 12.7. The number of terminal acetylenes is 1. The topological polar surface area (TPSA) is 143 Å². The molecule has 1 atom stereocenters. The number of halogens is 2. The average Bonchev–Trinajstić information content (AvgIpc) is 2.75. The Morgan fingerprint density at radius 1 is 1.31 bits per heavy atom.